The summed E-state index contributed by atoms with van der Waals surface area (Å²) in [4.78, 5) is 0. The van der Waals surface area contributed by atoms with E-state index in [9.17, 15) is 8.78 Å². The second-order valence-corrected chi connectivity index (χ2v) is 2.87. The molecule has 1 aromatic carbocycles. The lowest BCUT2D eigenvalue weighted by Crippen LogP contribution is -1.96. The number of hydrogen-bond donors (Lipinski definition) is 1. The molecule has 0 saturated heterocycles. The number of aryl methyl sites for hydroxylation is 2. The largest absolute Gasteiger partial charge is 0.399 e. The van der Waals surface area contributed by atoms with E-state index in [1.165, 1.54) is 0 Å². The monoisotopic (exact) mass is 171 g/mol. The van der Waals surface area contributed by atoms with Crippen LogP contribution in [-0.2, 0) is 0 Å². The third kappa shape index (κ3) is 1.55. The molecule has 1 rings (SSSR count). The summed E-state index contributed by atoms with van der Waals surface area (Å²) in [5.41, 5.74) is 7.24. The first-order valence-electron chi connectivity index (χ1n) is 3.67. The summed E-state index contributed by atoms with van der Waals surface area (Å²) in [6.45, 7) is 3.29. The number of halogens is 2. The smallest absolute Gasteiger partial charge is 0.264 e. The second kappa shape index (κ2) is 3.09. The predicted octanol–water partition coefficient (Wildman–Crippen LogP) is 2.82. The number of rotatable bonds is 1. The number of hydrogen-bond acceptors (Lipinski definition) is 1. The first-order chi connectivity index (χ1) is 5.52. The van der Waals surface area contributed by atoms with Crippen LogP contribution in [0.4, 0.5) is 14.5 Å². The van der Waals surface area contributed by atoms with Crippen molar-refractivity contribution in [2.45, 2.75) is 20.3 Å². The third-order valence-electron chi connectivity index (χ3n) is 1.83. The normalized spacial score (nSPS) is 10.8. The number of nitrogens with two attached hydrogens (primary N) is 1. The molecule has 0 spiro atoms. The van der Waals surface area contributed by atoms with E-state index in [1.54, 1.807) is 26.0 Å². The van der Waals surface area contributed by atoms with Crippen LogP contribution in [0.15, 0.2) is 12.1 Å². The molecule has 0 aliphatic rings. The fraction of sp³-hybridized carbons (Fsp3) is 0.333. The zero-order chi connectivity index (χ0) is 9.30. The third-order valence-corrected chi connectivity index (χ3v) is 1.83. The fourth-order valence-corrected chi connectivity index (χ4v) is 1.35. The molecule has 0 radical (unpaired) electrons. The van der Waals surface area contributed by atoms with Crippen molar-refractivity contribution >= 4 is 5.69 Å². The minimum Gasteiger partial charge on any atom is -0.399 e. The molecule has 0 atom stereocenters. The summed E-state index contributed by atoms with van der Waals surface area (Å²) in [5.74, 6) is 0. The van der Waals surface area contributed by atoms with Gasteiger partial charge in [-0.25, -0.2) is 8.78 Å². The molecule has 0 heterocycles. The molecule has 1 aromatic rings. The first-order valence-corrected chi connectivity index (χ1v) is 3.67. The van der Waals surface area contributed by atoms with Gasteiger partial charge in [0.25, 0.3) is 6.43 Å². The Labute approximate surface area is 70.2 Å². The Hall–Kier alpha value is -1.12. The lowest BCUT2D eigenvalue weighted by Gasteiger charge is -2.09. The number of anilines is 1. The summed E-state index contributed by atoms with van der Waals surface area (Å²) in [5, 5.41) is 0. The first kappa shape index (κ1) is 8.97. The summed E-state index contributed by atoms with van der Waals surface area (Å²) >= 11 is 0. The SMILES string of the molecule is Cc1cc(N)cc(C)c1C(F)F. The van der Waals surface area contributed by atoms with Crippen molar-refractivity contribution in [3.63, 3.8) is 0 Å². The van der Waals surface area contributed by atoms with Crippen LogP contribution >= 0.6 is 0 Å². The minimum absolute atomic E-state index is 0.101. The van der Waals surface area contributed by atoms with Crippen LogP contribution in [0.5, 0.6) is 0 Å². The van der Waals surface area contributed by atoms with Gasteiger partial charge in [-0.3, -0.25) is 0 Å². The molecular weight excluding hydrogens is 160 g/mol. The molecule has 0 unspecified atom stereocenters. The molecule has 0 aliphatic heterocycles. The van der Waals surface area contributed by atoms with Gasteiger partial charge >= 0.3 is 0 Å². The predicted molar refractivity (Wildman–Crippen MR) is 45.3 cm³/mol. The Morgan fingerprint density at radius 1 is 1.17 bits per heavy atom. The molecule has 12 heavy (non-hydrogen) atoms. The summed E-state index contributed by atoms with van der Waals surface area (Å²) in [6.07, 6.45) is -2.41. The number of benzene rings is 1. The van der Waals surface area contributed by atoms with E-state index in [0.29, 0.717) is 16.8 Å². The Bertz CT molecular complexity index is 272. The van der Waals surface area contributed by atoms with E-state index in [2.05, 4.69) is 0 Å². The zero-order valence-electron chi connectivity index (χ0n) is 7.07. The molecule has 0 aromatic heterocycles. The van der Waals surface area contributed by atoms with Crippen molar-refractivity contribution in [1.82, 2.24) is 0 Å². The van der Waals surface area contributed by atoms with Crippen LogP contribution in [0.1, 0.15) is 23.1 Å². The van der Waals surface area contributed by atoms with Crippen LogP contribution < -0.4 is 5.73 Å². The van der Waals surface area contributed by atoms with Gasteiger partial charge in [-0.1, -0.05) is 0 Å². The topological polar surface area (TPSA) is 26.0 Å². The molecule has 66 valence electrons. The van der Waals surface area contributed by atoms with E-state index in [4.69, 9.17) is 5.73 Å². The quantitative estimate of drug-likeness (QED) is 0.646. The highest BCUT2D eigenvalue weighted by molar-refractivity contribution is 5.49. The average molecular weight is 171 g/mol. The summed E-state index contributed by atoms with van der Waals surface area (Å²) in [7, 11) is 0. The highest BCUT2D eigenvalue weighted by atomic mass is 19.3. The van der Waals surface area contributed by atoms with Crippen LogP contribution in [0.25, 0.3) is 0 Å². The van der Waals surface area contributed by atoms with Gasteiger partial charge in [0.2, 0.25) is 0 Å². The molecule has 0 fully saturated rings. The molecule has 0 amide bonds. The number of alkyl halides is 2. The van der Waals surface area contributed by atoms with Gasteiger partial charge in [0.15, 0.2) is 0 Å². The van der Waals surface area contributed by atoms with Crippen molar-refractivity contribution in [3.05, 3.63) is 28.8 Å². The van der Waals surface area contributed by atoms with Crippen molar-refractivity contribution in [1.29, 1.82) is 0 Å². The standard InChI is InChI=1S/C9H11F2N/c1-5-3-7(12)4-6(2)8(5)9(10)11/h3-4,9H,12H2,1-2H3. The Kier molecular flexibility index (Phi) is 2.31. The van der Waals surface area contributed by atoms with E-state index in [-0.39, 0.29) is 5.56 Å². The Morgan fingerprint density at radius 3 is 1.92 bits per heavy atom. The Balaban J connectivity index is 3.28. The van der Waals surface area contributed by atoms with Gasteiger partial charge in [0, 0.05) is 11.3 Å². The lowest BCUT2D eigenvalue weighted by molar-refractivity contribution is 0.150. The van der Waals surface area contributed by atoms with Gasteiger partial charge in [-0.2, -0.15) is 0 Å². The zero-order valence-corrected chi connectivity index (χ0v) is 7.07. The molecule has 0 bridgehead atoms. The van der Waals surface area contributed by atoms with E-state index in [1.807, 2.05) is 0 Å². The maximum absolute atomic E-state index is 12.4. The maximum atomic E-state index is 12.4. The van der Waals surface area contributed by atoms with Gasteiger partial charge in [-0.15, -0.1) is 0 Å². The molecule has 2 N–H and O–H groups in total. The Morgan fingerprint density at radius 2 is 1.58 bits per heavy atom. The fourth-order valence-electron chi connectivity index (χ4n) is 1.35. The summed E-state index contributed by atoms with van der Waals surface area (Å²) in [6, 6.07) is 3.13. The van der Waals surface area contributed by atoms with Crippen molar-refractivity contribution < 1.29 is 8.78 Å². The maximum Gasteiger partial charge on any atom is 0.264 e. The van der Waals surface area contributed by atoms with Crippen LogP contribution in [0, 0.1) is 13.8 Å². The van der Waals surface area contributed by atoms with E-state index >= 15 is 0 Å². The second-order valence-electron chi connectivity index (χ2n) is 2.87. The van der Waals surface area contributed by atoms with Crippen LogP contribution in [-0.4, -0.2) is 0 Å². The molecule has 0 saturated carbocycles. The van der Waals surface area contributed by atoms with E-state index in [0.717, 1.165) is 0 Å². The molecule has 0 aliphatic carbocycles. The van der Waals surface area contributed by atoms with Crippen molar-refractivity contribution in [2.24, 2.45) is 0 Å². The highest BCUT2D eigenvalue weighted by Gasteiger charge is 2.13. The molecule has 1 nitrogen and oxygen atoms in total. The van der Waals surface area contributed by atoms with Gasteiger partial charge in [0.05, 0.1) is 0 Å². The average Bonchev–Trinajstić information content (AvgIpc) is 1.82. The van der Waals surface area contributed by atoms with Crippen LogP contribution in [0.2, 0.25) is 0 Å². The van der Waals surface area contributed by atoms with Gasteiger partial charge in [-0.05, 0) is 37.1 Å². The number of nitrogen functional groups attached to an aromatic ring is 1. The minimum atomic E-state index is -2.41. The van der Waals surface area contributed by atoms with Gasteiger partial charge < -0.3 is 5.73 Å². The van der Waals surface area contributed by atoms with E-state index < -0.39 is 6.43 Å². The molecular formula is C9H11F2N. The summed E-state index contributed by atoms with van der Waals surface area (Å²) < 4.78 is 24.8. The van der Waals surface area contributed by atoms with Crippen molar-refractivity contribution in [2.75, 3.05) is 5.73 Å². The molecule has 3 heteroatoms. The highest BCUT2D eigenvalue weighted by Crippen LogP contribution is 2.27. The van der Waals surface area contributed by atoms with Gasteiger partial charge in [0.1, 0.15) is 0 Å². The van der Waals surface area contributed by atoms with Crippen molar-refractivity contribution in [3.8, 4) is 0 Å². The van der Waals surface area contributed by atoms with Crippen LogP contribution in [0.3, 0.4) is 0 Å². The lowest BCUT2D eigenvalue weighted by atomic mass is 10.0.